The molecule has 0 aliphatic carbocycles. The number of amides is 1. The van der Waals surface area contributed by atoms with E-state index in [-0.39, 0.29) is 11.8 Å². The highest BCUT2D eigenvalue weighted by atomic mass is 35.5. The van der Waals surface area contributed by atoms with Crippen LogP contribution in [-0.4, -0.2) is 46.0 Å². The lowest BCUT2D eigenvalue weighted by molar-refractivity contribution is -0.136. The molecule has 30 heavy (non-hydrogen) atoms. The van der Waals surface area contributed by atoms with E-state index in [0.29, 0.717) is 29.8 Å². The Labute approximate surface area is 181 Å². The van der Waals surface area contributed by atoms with Gasteiger partial charge < -0.3 is 9.42 Å². The smallest absolute Gasteiger partial charge is 0.241 e. The first-order chi connectivity index (χ1) is 14.6. The van der Waals surface area contributed by atoms with Gasteiger partial charge in [0.15, 0.2) is 0 Å². The van der Waals surface area contributed by atoms with Gasteiger partial charge in [-0.2, -0.15) is 4.98 Å². The predicted octanol–water partition coefficient (Wildman–Crippen LogP) is 4.26. The Balaban J connectivity index is 1.28. The highest BCUT2D eigenvalue weighted by Gasteiger charge is 2.28. The average Bonchev–Trinajstić information content (AvgIpc) is 3.23. The minimum Gasteiger partial charge on any atom is -0.341 e. The molecule has 7 heteroatoms. The van der Waals surface area contributed by atoms with Crippen molar-refractivity contribution in [3.05, 3.63) is 71.1 Å². The summed E-state index contributed by atoms with van der Waals surface area (Å²) >= 11 is 6.04. The maximum Gasteiger partial charge on any atom is 0.241 e. The fourth-order valence-corrected chi connectivity index (χ4v) is 4.03. The first-order valence-electron chi connectivity index (χ1n) is 10.2. The van der Waals surface area contributed by atoms with Crippen molar-refractivity contribution in [1.29, 1.82) is 0 Å². The van der Waals surface area contributed by atoms with Crippen LogP contribution < -0.4 is 0 Å². The number of piperidine rings is 1. The predicted molar refractivity (Wildman–Crippen MR) is 116 cm³/mol. The number of rotatable bonds is 6. The molecular weight excluding hydrogens is 400 g/mol. The Morgan fingerprint density at radius 2 is 1.93 bits per heavy atom. The highest BCUT2D eigenvalue weighted by molar-refractivity contribution is 6.30. The van der Waals surface area contributed by atoms with Gasteiger partial charge in [-0.25, -0.2) is 0 Å². The van der Waals surface area contributed by atoms with E-state index in [1.54, 1.807) is 0 Å². The third-order valence-electron chi connectivity index (χ3n) is 5.49. The second kappa shape index (κ2) is 9.41. The summed E-state index contributed by atoms with van der Waals surface area (Å²) in [5.74, 6) is 1.41. The fourth-order valence-electron chi connectivity index (χ4n) is 3.84. The Morgan fingerprint density at radius 3 is 2.67 bits per heavy atom. The number of likely N-dealkylation sites (tertiary alicyclic amines) is 1. The van der Waals surface area contributed by atoms with Gasteiger partial charge in [-0.15, -0.1) is 0 Å². The third-order valence-corrected chi connectivity index (χ3v) is 5.72. The number of benzene rings is 2. The Hall–Kier alpha value is -2.70. The Bertz CT molecular complexity index is 984. The van der Waals surface area contributed by atoms with Crippen LogP contribution >= 0.6 is 11.6 Å². The zero-order valence-electron chi connectivity index (χ0n) is 17.0. The Morgan fingerprint density at radius 1 is 1.17 bits per heavy atom. The molecule has 0 atom stereocenters. The van der Waals surface area contributed by atoms with Crippen molar-refractivity contribution in [2.24, 2.45) is 5.92 Å². The summed E-state index contributed by atoms with van der Waals surface area (Å²) in [6.07, 6.45) is 1.68. The van der Waals surface area contributed by atoms with E-state index >= 15 is 0 Å². The number of aromatic nitrogens is 2. The second-order valence-electron chi connectivity index (χ2n) is 7.75. The van der Waals surface area contributed by atoms with Crippen LogP contribution in [0.5, 0.6) is 0 Å². The summed E-state index contributed by atoms with van der Waals surface area (Å²) in [4.78, 5) is 21.4. The van der Waals surface area contributed by atoms with Gasteiger partial charge in [-0.3, -0.25) is 9.69 Å². The third kappa shape index (κ3) is 5.07. The second-order valence-corrected chi connectivity index (χ2v) is 8.19. The van der Waals surface area contributed by atoms with Crippen LogP contribution in [0.1, 0.15) is 24.3 Å². The summed E-state index contributed by atoms with van der Waals surface area (Å²) in [5.41, 5.74) is 1.99. The molecule has 0 N–H and O–H groups in total. The maximum atomic E-state index is 12.8. The molecule has 1 fully saturated rings. The zero-order chi connectivity index (χ0) is 20.9. The van der Waals surface area contributed by atoms with Gasteiger partial charge in [-0.05, 0) is 43.6 Å². The molecular formula is C23H25ClN4O2. The molecule has 0 bridgehead atoms. The first-order valence-corrected chi connectivity index (χ1v) is 10.6. The lowest BCUT2D eigenvalue weighted by Gasteiger charge is -2.32. The monoisotopic (exact) mass is 424 g/mol. The van der Waals surface area contributed by atoms with Crippen molar-refractivity contribution < 1.29 is 9.32 Å². The van der Waals surface area contributed by atoms with Crippen LogP contribution in [0.3, 0.4) is 0 Å². The van der Waals surface area contributed by atoms with Crippen LogP contribution in [-0.2, 0) is 17.9 Å². The average molecular weight is 425 g/mol. The van der Waals surface area contributed by atoms with Gasteiger partial charge in [0.1, 0.15) is 0 Å². The van der Waals surface area contributed by atoms with Crippen LogP contribution in [0.15, 0.2) is 59.1 Å². The SMILES string of the molecule is CN(Cc1ccccc1)C(=O)C1CCN(Cc2nc(-c3cccc(Cl)c3)no2)CC1. The van der Waals surface area contributed by atoms with Gasteiger partial charge >= 0.3 is 0 Å². The standard InChI is InChI=1S/C23H25ClN4O2/c1-27(15-17-6-3-2-4-7-17)23(29)18-10-12-28(13-11-18)16-21-25-22(26-30-21)19-8-5-9-20(24)14-19/h2-9,14,18H,10-13,15-16H2,1H3. The van der Waals surface area contributed by atoms with Gasteiger partial charge in [0, 0.05) is 30.1 Å². The molecule has 4 rings (SSSR count). The van der Waals surface area contributed by atoms with Crippen molar-refractivity contribution in [1.82, 2.24) is 19.9 Å². The quantitative estimate of drug-likeness (QED) is 0.591. The molecule has 1 amide bonds. The van der Waals surface area contributed by atoms with Gasteiger partial charge in [0.25, 0.3) is 0 Å². The molecule has 1 aliphatic rings. The van der Waals surface area contributed by atoms with Crippen molar-refractivity contribution >= 4 is 17.5 Å². The summed E-state index contributed by atoms with van der Waals surface area (Å²) < 4.78 is 5.42. The zero-order valence-corrected chi connectivity index (χ0v) is 17.8. The molecule has 2 aromatic carbocycles. The molecule has 0 unspecified atom stereocenters. The Kier molecular flexibility index (Phi) is 6.45. The van der Waals surface area contributed by atoms with Gasteiger partial charge in [0.2, 0.25) is 17.6 Å². The molecule has 1 saturated heterocycles. The summed E-state index contributed by atoms with van der Waals surface area (Å²) in [5, 5.41) is 4.71. The number of hydrogen-bond donors (Lipinski definition) is 0. The summed E-state index contributed by atoms with van der Waals surface area (Å²) in [6, 6.07) is 17.5. The van der Waals surface area contributed by atoms with Crippen molar-refractivity contribution in [2.75, 3.05) is 20.1 Å². The molecule has 6 nitrogen and oxygen atoms in total. The highest BCUT2D eigenvalue weighted by Crippen LogP contribution is 2.23. The van der Waals surface area contributed by atoms with Gasteiger partial charge in [-0.1, -0.05) is 59.2 Å². The molecule has 0 spiro atoms. The lowest BCUT2D eigenvalue weighted by atomic mass is 9.95. The van der Waals surface area contributed by atoms with E-state index in [9.17, 15) is 4.79 Å². The van der Waals surface area contributed by atoms with E-state index in [1.165, 1.54) is 0 Å². The van der Waals surface area contributed by atoms with Gasteiger partial charge in [0.05, 0.1) is 6.54 Å². The maximum absolute atomic E-state index is 12.8. The largest absolute Gasteiger partial charge is 0.341 e. The van der Waals surface area contributed by atoms with Crippen molar-refractivity contribution in [2.45, 2.75) is 25.9 Å². The molecule has 0 radical (unpaired) electrons. The summed E-state index contributed by atoms with van der Waals surface area (Å²) in [6.45, 7) is 2.91. The van der Waals surface area contributed by atoms with Crippen molar-refractivity contribution in [3.8, 4) is 11.4 Å². The van der Waals surface area contributed by atoms with Crippen LogP contribution in [0.2, 0.25) is 5.02 Å². The van der Waals surface area contributed by atoms with E-state index in [4.69, 9.17) is 16.1 Å². The van der Waals surface area contributed by atoms with E-state index in [0.717, 1.165) is 37.1 Å². The van der Waals surface area contributed by atoms with E-state index in [2.05, 4.69) is 27.2 Å². The van der Waals surface area contributed by atoms with Crippen molar-refractivity contribution in [3.63, 3.8) is 0 Å². The molecule has 1 aliphatic heterocycles. The minimum absolute atomic E-state index is 0.0691. The number of carbonyl (C=O) groups is 1. The number of nitrogens with zero attached hydrogens (tertiary/aromatic N) is 4. The molecule has 0 saturated carbocycles. The molecule has 3 aromatic rings. The first kappa shape index (κ1) is 20.6. The van der Waals surface area contributed by atoms with Crippen LogP contribution in [0.25, 0.3) is 11.4 Å². The van der Waals surface area contributed by atoms with Crippen LogP contribution in [0.4, 0.5) is 0 Å². The normalized spacial score (nSPS) is 15.3. The van der Waals surface area contributed by atoms with E-state index in [1.807, 2.05) is 54.4 Å². The molecule has 2 heterocycles. The minimum atomic E-state index is 0.0691. The topological polar surface area (TPSA) is 62.5 Å². The molecule has 156 valence electrons. The summed E-state index contributed by atoms with van der Waals surface area (Å²) in [7, 11) is 1.89. The lowest BCUT2D eigenvalue weighted by Crippen LogP contribution is -2.40. The number of halogens is 1. The number of hydrogen-bond acceptors (Lipinski definition) is 5. The van der Waals surface area contributed by atoms with Crippen LogP contribution in [0, 0.1) is 5.92 Å². The van der Waals surface area contributed by atoms with E-state index < -0.39 is 0 Å². The number of carbonyl (C=O) groups excluding carboxylic acids is 1. The fraction of sp³-hybridized carbons (Fsp3) is 0.348. The molecule has 1 aromatic heterocycles.